The van der Waals surface area contributed by atoms with Gasteiger partial charge >= 0.3 is 0 Å². The zero-order valence-electron chi connectivity index (χ0n) is 6.26. The van der Waals surface area contributed by atoms with Crippen molar-refractivity contribution in [2.24, 2.45) is 0 Å². The molecule has 1 fully saturated rings. The zero-order chi connectivity index (χ0) is 7.72. The molecule has 0 N–H and O–H groups in total. The van der Waals surface area contributed by atoms with Crippen LogP contribution in [0.5, 0.6) is 0 Å². The third kappa shape index (κ3) is 1.52. The molecule has 0 radical (unpaired) electrons. The minimum absolute atomic E-state index is 0.513. The largest absolute Gasteiger partial charge is 0.350 e. The van der Waals surface area contributed by atoms with Gasteiger partial charge in [-0.1, -0.05) is 30.6 Å². The maximum atomic E-state index is 5.12. The highest BCUT2D eigenvalue weighted by molar-refractivity contribution is 8.25. The van der Waals surface area contributed by atoms with Crippen molar-refractivity contribution in [2.75, 3.05) is 6.54 Å². The van der Waals surface area contributed by atoms with E-state index >= 15 is 0 Å². The average Bonchev–Trinajstić information content (AvgIpc) is 2.10. The zero-order valence-corrected chi connectivity index (χ0v) is 7.89. The molecule has 0 saturated carbocycles. The van der Waals surface area contributed by atoms with Gasteiger partial charge in [-0.3, -0.25) is 0 Å². The van der Waals surface area contributed by atoms with Crippen molar-refractivity contribution in [1.82, 2.24) is 4.90 Å². The normalized spacial score (nSPS) is 19.3. The highest BCUT2D eigenvalue weighted by Crippen LogP contribution is 2.28. The second kappa shape index (κ2) is 2.93. The highest BCUT2D eigenvalue weighted by Gasteiger charge is 2.22. The standard InChI is InChI=1S/C7H11NS2/c1-5(2)8-4-6(3)10-7(8)9/h5H,3-4H2,1-2H3. The molecule has 0 aromatic rings. The fourth-order valence-corrected chi connectivity index (χ4v) is 2.33. The Bertz CT molecular complexity index is 174. The first-order valence-electron chi connectivity index (χ1n) is 3.27. The lowest BCUT2D eigenvalue weighted by Crippen LogP contribution is -2.29. The average molecular weight is 173 g/mol. The molecule has 0 amide bonds. The van der Waals surface area contributed by atoms with E-state index in [2.05, 4.69) is 25.3 Å². The van der Waals surface area contributed by atoms with Crippen molar-refractivity contribution >= 4 is 28.3 Å². The van der Waals surface area contributed by atoms with Crippen LogP contribution in [0.2, 0.25) is 0 Å². The lowest BCUT2D eigenvalue weighted by atomic mass is 10.3. The fraction of sp³-hybridized carbons (Fsp3) is 0.571. The number of hydrogen-bond donors (Lipinski definition) is 0. The maximum Gasteiger partial charge on any atom is 0.141 e. The number of nitrogens with zero attached hydrogens (tertiary/aromatic N) is 1. The van der Waals surface area contributed by atoms with Gasteiger partial charge in [-0.2, -0.15) is 0 Å². The van der Waals surface area contributed by atoms with Crippen molar-refractivity contribution in [3.05, 3.63) is 11.5 Å². The molecule has 0 atom stereocenters. The van der Waals surface area contributed by atoms with Crippen LogP contribution < -0.4 is 0 Å². The maximum absolute atomic E-state index is 5.12. The molecule has 0 aliphatic carbocycles. The summed E-state index contributed by atoms with van der Waals surface area (Å²) in [6, 6.07) is 0.513. The minimum Gasteiger partial charge on any atom is -0.350 e. The lowest BCUT2D eigenvalue weighted by Gasteiger charge is -2.20. The van der Waals surface area contributed by atoms with Gasteiger partial charge in [-0.25, -0.2) is 0 Å². The smallest absolute Gasteiger partial charge is 0.141 e. The van der Waals surface area contributed by atoms with E-state index < -0.39 is 0 Å². The van der Waals surface area contributed by atoms with Gasteiger partial charge in [0.05, 0.1) is 6.54 Å². The third-order valence-electron chi connectivity index (χ3n) is 1.44. The Balaban J connectivity index is 2.63. The molecule has 1 saturated heterocycles. The molecule has 1 rings (SSSR count). The van der Waals surface area contributed by atoms with Crippen molar-refractivity contribution < 1.29 is 0 Å². The van der Waals surface area contributed by atoms with E-state index in [9.17, 15) is 0 Å². The first-order chi connectivity index (χ1) is 4.61. The predicted octanol–water partition coefficient (Wildman–Crippen LogP) is 2.24. The van der Waals surface area contributed by atoms with Gasteiger partial charge in [0.1, 0.15) is 4.32 Å². The first kappa shape index (κ1) is 8.08. The summed E-state index contributed by atoms with van der Waals surface area (Å²) in [7, 11) is 0. The Morgan fingerprint density at radius 3 is 2.50 bits per heavy atom. The molecule has 0 aromatic carbocycles. The Hall–Kier alpha value is -0.0200. The molecular weight excluding hydrogens is 162 g/mol. The quantitative estimate of drug-likeness (QED) is 0.560. The van der Waals surface area contributed by atoms with E-state index in [1.165, 1.54) is 4.91 Å². The summed E-state index contributed by atoms with van der Waals surface area (Å²) in [5.74, 6) is 0. The van der Waals surface area contributed by atoms with Crippen molar-refractivity contribution in [3.8, 4) is 0 Å². The molecule has 1 aliphatic rings. The molecule has 0 bridgehead atoms. The summed E-state index contributed by atoms with van der Waals surface area (Å²) in [5.41, 5.74) is 0. The Morgan fingerprint density at radius 1 is 1.70 bits per heavy atom. The topological polar surface area (TPSA) is 3.24 Å². The van der Waals surface area contributed by atoms with Crippen molar-refractivity contribution in [2.45, 2.75) is 19.9 Å². The van der Waals surface area contributed by atoms with E-state index in [0.717, 1.165) is 10.9 Å². The van der Waals surface area contributed by atoms with Gasteiger partial charge in [0, 0.05) is 10.9 Å². The Morgan fingerprint density at radius 2 is 2.30 bits per heavy atom. The summed E-state index contributed by atoms with van der Waals surface area (Å²) >= 11 is 6.74. The molecule has 0 unspecified atom stereocenters. The van der Waals surface area contributed by atoms with Crippen LogP contribution in [0.4, 0.5) is 0 Å². The molecule has 56 valence electrons. The molecule has 1 nitrogen and oxygen atoms in total. The van der Waals surface area contributed by atoms with Crippen LogP contribution in [0.25, 0.3) is 0 Å². The van der Waals surface area contributed by atoms with E-state index in [-0.39, 0.29) is 0 Å². The number of thiocarbonyl (C=S) groups is 1. The monoisotopic (exact) mass is 173 g/mol. The summed E-state index contributed by atoms with van der Waals surface area (Å²) in [6.45, 7) is 9.09. The SMILES string of the molecule is C=C1CN(C(C)C)C(=S)S1. The van der Waals surface area contributed by atoms with Gasteiger partial charge in [0.25, 0.3) is 0 Å². The van der Waals surface area contributed by atoms with Gasteiger partial charge in [-0.15, -0.1) is 0 Å². The summed E-state index contributed by atoms with van der Waals surface area (Å²) in [6.07, 6.45) is 0. The Kier molecular flexibility index (Phi) is 2.36. The van der Waals surface area contributed by atoms with Crippen LogP contribution in [0.15, 0.2) is 11.5 Å². The Labute approximate surface area is 71.5 Å². The molecule has 3 heteroatoms. The van der Waals surface area contributed by atoms with Crippen LogP contribution in [0, 0.1) is 0 Å². The van der Waals surface area contributed by atoms with Crippen LogP contribution in [-0.4, -0.2) is 21.8 Å². The van der Waals surface area contributed by atoms with E-state index in [1.807, 2.05) is 0 Å². The minimum atomic E-state index is 0.513. The van der Waals surface area contributed by atoms with Crippen LogP contribution in [0.1, 0.15) is 13.8 Å². The van der Waals surface area contributed by atoms with Gasteiger partial charge < -0.3 is 4.90 Å². The summed E-state index contributed by atoms with van der Waals surface area (Å²) in [5, 5.41) is 0. The molecule has 0 aromatic heterocycles. The van der Waals surface area contributed by atoms with Gasteiger partial charge in [-0.05, 0) is 13.8 Å². The highest BCUT2D eigenvalue weighted by atomic mass is 32.2. The number of hydrogen-bond acceptors (Lipinski definition) is 2. The van der Waals surface area contributed by atoms with Gasteiger partial charge in [0.15, 0.2) is 0 Å². The van der Waals surface area contributed by atoms with Crippen LogP contribution in [-0.2, 0) is 0 Å². The molecule has 0 spiro atoms. The second-order valence-electron chi connectivity index (χ2n) is 2.63. The molecule has 10 heavy (non-hydrogen) atoms. The van der Waals surface area contributed by atoms with Crippen LogP contribution >= 0.6 is 24.0 Å². The first-order valence-corrected chi connectivity index (χ1v) is 4.50. The van der Waals surface area contributed by atoms with Crippen molar-refractivity contribution in [1.29, 1.82) is 0 Å². The molecular formula is C7H11NS2. The summed E-state index contributed by atoms with van der Waals surface area (Å²) in [4.78, 5) is 3.35. The van der Waals surface area contributed by atoms with Crippen LogP contribution in [0.3, 0.4) is 0 Å². The summed E-state index contributed by atoms with van der Waals surface area (Å²) < 4.78 is 0.972. The van der Waals surface area contributed by atoms with E-state index in [1.54, 1.807) is 11.8 Å². The van der Waals surface area contributed by atoms with Crippen molar-refractivity contribution in [3.63, 3.8) is 0 Å². The fourth-order valence-electron chi connectivity index (χ4n) is 0.862. The lowest BCUT2D eigenvalue weighted by molar-refractivity contribution is 0.400. The van der Waals surface area contributed by atoms with Gasteiger partial charge in [0.2, 0.25) is 0 Å². The molecule has 1 aliphatic heterocycles. The predicted molar refractivity (Wildman–Crippen MR) is 51.2 cm³/mol. The molecule has 1 heterocycles. The second-order valence-corrected chi connectivity index (χ2v) is 4.44. The number of thioether (sulfide) groups is 1. The van der Waals surface area contributed by atoms with E-state index in [0.29, 0.717) is 6.04 Å². The van der Waals surface area contributed by atoms with E-state index in [4.69, 9.17) is 12.2 Å². The number of rotatable bonds is 1. The third-order valence-corrected chi connectivity index (χ3v) is 2.75.